The molecular formula is C25H38N2O6S. The molecule has 190 valence electrons. The van der Waals surface area contributed by atoms with Gasteiger partial charge >= 0.3 is 12.1 Å². The Labute approximate surface area is 207 Å². The smallest absolute Gasteiger partial charge is 0.408 e. The minimum absolute atomic E-state index is 0.304. The van der Waals surface area contributed by atoms with Gasteiger partial charge in [-0.2, -0.15) is 11.8 Å². The van der Waals surface area contributed by atoms with Crippen molar-refractivity contribution >= 4 is 29.7 Å². The number of thioether (sulfide) groups is 1. The maximum Gasteiger partial charge on any atom is 0.408 e. The van der Waals surface area contributed by atoms with E-state index >= 15 is 0 Å². The number of carbonyl (C=O) groups is 3. The first kappa shape index (κ1) is 27.8. The molecule has 1 aliphatic rings. The third-order valence-electron chi connectivity index (χ3n) is 4.92. The zero-order valence-corrected chi connectivity index (χ0v) is 22.1. The highest BCUT2D eigenvalue weighted by Gasteiger charge is 2.40. The van der Waals surface area contributed by atoms with E-state index in [1.54, 1.807) is 48.7 Å². The second-order valence-electron chi connectivity index (χ2n) is 10.3. The highest BCUT2D eigenvalue weighted by Crippen LogP contribution is 2.24. The first-order valence-corrected chi connectivity index (χ1v) is 12.7. The highest BCUT2D eigenvalue weighted by atomic mass is 32.2. The Morgan fingerprint density at radius 1 is 1.06 bits per heavy atom. The quantitative estimate of drug-likeness (QED) is 0.543. The Bertz CT molecular complexity index is 844. The Balaban J connectivity index is 2.10. The van der Waals surface area contributed by atoms with Crippen LogP contribution in [0.3, 0.4) is 0 Å². The molecule has 2 rings (SSSR count). The standard InChI is InChI=1S/C25H38N2O6S/c1-24(2,3)32-22(29)20-9-8-14-27(20)21(28)19(26-23(30)33-25(4,5)6)16-34-15-17-10-12-18(31-7)13-11-17/h10-13,19-20H,8-9,14-16H2,1-7H3,(H,26,30)/t19-,20+/m1/s1. The molecule has 1 aliphatic heterocycles. The van der Waals surface area contributed by atoms with Crippen LogP contribution in [0.25, 0.3) is 0 Å². The fraction of sp³-hybridized carbons (Fsp3) is 0.640. The van der Waals surface area contributed by atoms with Crippen LogP contribution in [0.4, 0.5) is 4.79 Å². The van der Waals surface area contributed by atoms with E-state index in [9.17, 15) is 14.4 Å². The number of amides is 2. The summed E-state index contributed by atoms with van der Waals surface area (Å²) in [6, 6.07) is 6.20. The Morgan fingerprint density at radius 3 is 2.24 bits per heavy atom. The van der Waals surface area contributed by atoms with Gasteiger partial charge in [0.1, 0.15) is 29.0 Å². The topological polar surface area (TPSA) is 94.2 Å². The average molecular weight is 495 g/mol. The summed E-state index contributed by atoms with van der Waals surface area (Å²) < 4.78 is 16.1. The van der Waals surface area contributed by atoms with Crippen LogP contribution in [-0.4, -0.2) is 65.6 Å². The average Bonchev–Trinajstić information content (AvgIpc) is 3.20. The number of rotatable bonds is 8. The number of carbonyl (C=O) groups excluding carboxylic acids is 3. The van der Waals surface area contributed by atoms with Crippen LogP contribution in [0.1, 0.15) is 59.9 Å². The van der Waals surface area contributed by atoms with Gasteiger partial charge in [0.15, 0.2) is 0 Å². The molecule has 0 bridgehead atoms. The van der Waals surface area contributed by atoms with Crippen molar-refractivity contribution in [2.75, 3.05) is 19.4 Å². The molecule has 8 nitrogen and oxygen atoms in total. The summed E-state index contributed by atoms with van der Waals surface area (Å²) in [6.45, 7) is 11.1. The van der Waals surface area contributed by atoms with Gasteiger partial charge in [0, 0.05) is 18.1 Å². The summed E-state index contributed by atoms with van der Waals surface area (Å²) >= 11 is 1.52. The van der Waals surface area contributed by atoms with E-state index in [2.05, 4.69) is 5.32 Å². The molecule has 1 saturated heterocycles. The molecule has 1 N–H and O–H groups in total. The first-order valence-electron chi connectivity index (χ1n) is 11.5. The van der Waals surface area contributed by atoms with Crippen LogP contribution < -0.4 is 10.1 Å². The normalized spacial score (nSPS) is 17.1. The Kier molecular flexibility index (Phi) is 9.67. The van der Waals surface area contributed by atoms with Crippen LogP contribution >= 0.6 is 11.8 Å². The molecule has 9 heteroatoms. The van der Waals surface area contributed by atoms with Gasteiger partial charge in [0.25, 0.3) is 0 Å². The maximum absolute atomic E-state index is 13.5. The molecule has 0 aromatic heterocycles. The van der Waals surface area contributed by atoms with Gasteiger partial charge in [-0.3, -0.25) is 4.79 Å². The molecule has 0 aliphatic carbocycles. The van der Waals surface area contributed by atoms with Gasteiger partial charge in [0.2, 0.25) is 5.91 Å². The zero-order valence-electron chi connectivity index (χ0n) is 21.3. The van der Waals surface area contributed by atoms with Crippen molar-refractivity contribution in [1.29, 1.82) is 0 Å². The molecule has 0 spiro atoms. The predicted octanol–water partition coefficient (Wildman–Crippen LogP) is 4.15. The summed E-state index contributed by atoms with van der Waals surface area (Å²) in [6.07, 6.45) is 0.580. The lowest BCUT2D eigenvalue weighted by atomic mass is 10.1. The number of methoxy groups -OCH3 is 1. The zero-order chi connectivity index (χ0) is 25.5. The second-order valence-corrected chi connectivity index (χ2v) is 11.3. The number of alkyl carbamates (subject to hydrolysis) is 1. The van der Waals surface area contributed by atoms with Gasteiger partial charge in [-0.05, 0) is 72.1 Å². The largest absolute Gasteiger partial charge is 0.497 e. The minimum atomic E-state index is -0.832. The number of benzene rings is 1. The number of nitrogens with zero attached hydrogens (tertiary/aromatic N) is 1. The molecular weight excluding hydrogens is 456 g/mol. The van der Waals surface area contributed by atoms with Crippen LogP contribution in [0.15, 0.2) is 24.3 Å². The SMILES string of the molecule is COc1ccc(CSC[C@@H](NC(=O)OC(C)(C)C)C(=O)N2CCC[C@H]2C(=O)OC(C)(C)C)cc1. The fourth-order valence-electron chi connectivity index (χ4n) is 3.49. The summed E-state index contributed by atoms with van der Waals surface area (Å²) in [7, 11) is 1.62. The number of likely N-dealkylation sites (tertiary alicyclic amines) is 1. The molecule has 1 aromatic carbocycles. The number of ether oxygens (including phenoxy) is 3. The van der Waals surface area contributed by atoms with Gasteiger partial charge < -0.3 is 24.4 Å². The minimum Gasteiger partial charge on any atom is -0.497 e. The number of nitrogens with one attached hydrogen (secondary N) is 1. The first-order chi connectivity index (χ1) is 15.8. The summed E-state index contributed by atoms with van der Waals surface area (Å²) in [5, 5.41) is 2.72. The summed E-state index contributed by atoms with van der Waals surface area (Å²) in [5.74, 6) is 1.04. The molecule has 1 heterocycles. The molecule has 0 unspecified atom stereocenters. The van der Waals surface area contributed by atoms with E-state index in [4.69, 9.17) is 14.2 Å². The molecule has 2 atom stereocenters. The van der Waals surface area contributed by atoms with Crippen molar-refractivity contribution in [2.24, 2.45) is 0 Å². The molecule has 0 saturated carbocycles. The molecule has 1 aromatic rings. The van der Waals surface area contributed by atoms with E-state index in [0.717, 1.165) is 11.3 Å². The number of esters is 1. The van der Waals surface area contributed by atoms with E-state index in [1.165, 1.54) is 16.7 Å². The lowest BCUT2D eigenvalue weighted by Crippen LogP contribution is -2.54. The van der Waals surface area contributed by atoms with Crippen molar-refractivity contribution in [3.8, 4) is 5.75 Å². The van der Waals surface area contributed by atoms with E-state index < -0.39 is 35.3 Å². The third kappa shape index (κ3) is 9.08. The number of hydrogen-bond donors (Lipinski definition) is 1. The number of hydrogen-bond acceptors (Lipinski definition) is 7. The fourth-order valence-corrected chi connectivity index (χ4v) is 4.49. The molecule has 2 amide bonds. The Morgan fingerprint density at radius 2 is 1.68 bits per heavy atom. The van der Waals surface area contributed by atoms with Crippen molar-refractivity contribution in [3.05, 3.63) is 29.8 Å². The summed E-state index contributed by atoms with van der Waals surface area (Å²) in [5.41, 5.74) is -0.265. The van der Waals surface area contributed by atoms with Gasteiger partial charge in [-0.1, -0.05) is 12.1 Å². The summed E-state index contributed by atoms with van der Waals surface area (Å²) in [4.78, 5) is 40.2. The van der Waals surface area contributed by atoms with Gasteiger partial charge in [0.05, 0.1) is 7.11 Å². The van der Waals surface area contributed by atoms with E-state index in [0.29, 0.717) is 30.9 Å². The van der Waals surface area contributed by atoms with Gasteiger partial charge in [-0.25, -0.2) is 9.59 Å². The van der Waals surface area contributed by atoms with E-state index in [1.807, 2.05) is 24.3 Å². The second kappa shape index (κ2) is 11.8. The van der Waals surface area contributed by atoms with Crippen LogP contribution in [-0.2, 0) is 24.8 Å². The van der Waals surface area contributed by atoms with Crippen LogP contribution in [0.5, 0.6) is 5.75 Å². The Hall–Kier alpha value is -2.42. The van der Waals surface area contributed by atoms with Crippen molar-refractivity contribution in [1.82, 2.24) is 10.2 Å². The lowest BCUT2D eigenvalue weighted by molar-refractivity contribution is -0.163. The van der Waals surface area contributed by atoms with Crippen LogP contribution in [0.2, 0.25) is 0 Å². The molecule has 1 fully saturated rings. The predicted molar refractivity (Wildman–Crippen MR) is 133 cm³/mol. The highest BCUT2D eigenvalue weighted by molar-refractivity contribution is 7.98. The van der Waals surface area contributed by atoms with Crippen LogP contribution in [0, 0.1) is 0 Å². The molecule has 34 heavy (non-hydrogen) atoms. The van der Waals surface area contributed by atoms with Gasteiger partial charge in [-0.15, -0.1) is 0 Å². The third-order valence-corrected chi connectivity index (χ3v) is 6.02. The van der Waals surface area contributed by atoms with E-state index in [-0.39, 0.29) is 5.91 Å². The molecule has 0 radical (unpaired) electrons. The maximum atomic E-state index is 13.5. The van der Waals surface area contributed by atoms with Crippen molar-refractivity contribution < 1.29 is 28.6 Å². The van der Waals surface area contributed by atoms with Crippen molar-refractivity contribution in [2.45, 2.75) is 83.4 Å². The lowest BCUT2D eigenvalue weighted by Gasteiger charge is -2.30. The monoisotopic (exact) mass is 494 g/mol. The van der Waals surface area contributed by atoms with Crippen molar-refractivity contribution in [3.63, 3.8) is 0 Å².